The van der Waals surface area contributed by atoms with E-state index in [9.17, 15) is 0 Å². The van der Waals surface area contributed by atoms with Crippen LogP contribution in [0.15, 0.2) is 29.3 Å². The van der Waals surface area contributed by atoms with Gasteiger partial charge in [0, 0.05) is 11.4 Å². The first-order valence-electron chi connectivity index (χ1n) is 4.26. The predicted molar refractivity (Wildman–Crippen MR) is 53.4 cm³/mol. The summed E-state index contributed by atoms with van der Waals surface area (Å²) in [6.07, 6.45) is 0.708. The molecule has 0 radical (unpaired) electrons. The van der Waals surface area contributed by atoms with Gasteiger partial charge in [0.05, 0.1) is 6.54 Å². The average molecular weight is 196 g/mol. The number of hydrogen-bond acceptors (Lipinski definition) is 2. The summed E-state index contributed by atoms with van der Waals surface area (Å²) in [6, 6.07) is 7.76. The van der Waals surface area contributed by atoms with Crippen molar-refractivity contribution in [2.45, 2.75) is 6.42 Å². The summed E-state index contributed by atoms with van der Waals surface area (Å²) >= 11 is 5.99. The number of benzene rings is 1. The van der Waals surface area contributed by atoms with Crippen molar-refractivity contribution in [2.24, 2.45) is 4.99 Å². The van der Waals surface area contributed by atoms with Gasteiger partial charge in [-0.15, -0.1) is 0 Å². The fourth-order valence-electron chi connectivity index (χ4n) is 1.29. The average Bonchev–Trinajstić information content (AvgIpc) is 2.61. The van der Waals surface area contributed by atoms with E-state index in [2.05, 4.69) is 4.99 Å². The normalized spacial score (nSPS) is 15.3. The molecule has 1 aliphatic rings. The van der Waals surface area contributed by atoms with Crippen LogP contribution in [0, 0.1) is 0 Å². The van der Waals surface area contributed by atoms with Gasteiger partial charge in [-0.1, -0.05) is 29.8 Å². The van der Waals surface area contributed by atoms with Crippen LogP contribution < -0.4 is 0 Å². The molecule has 0 aromatic heterocycles. The Labute approximate surface area is 82.2 Å². The fraction of sp³-hybridized carbons (Fsp3) is 0.300. The minimum absolute atomic E-state index is 0.708. The van der Waals surface area contributed by atoms with E-state index >= 15 is 0 Å². The largest absolute Gasteiger partial charge is 0.479 e. The summed E-state index contributed by atoms with van der Waals surface area (Å²) < 4.78 is 5.30. The molecule has 0 saturated heterocycles. The molecular weight excluding hydrogens is 186 g/mol. The van der Waals surface area contributed by atoms with Gasteiger partial charge in [-0.3, -0.25) is 4.99 Å². The van der Waals surface area contributed by atoms with Crippen LogP contribution in [0.25, 0.3) is 0 Å². The molecule has 0 amide bonds. The Hall–Kier alpha value is -1.02. The molecule has 1 aliphatic heterocycles. The van der Waals surface area contributed by atoms with Gasteiger partial charge in [-0.2, -0.15) is 0 Å². The summed E-state index contributed by atoms with van der Waals surface area (Å²) in [4.78, 5) is 4.21. The van der Waals surface area contributed by atoms with E-state index in [4.69, 9.17) is 16.3 Å². The molecule has 3 heteroatoms. The Morgan fingerprint density at radius 3 is 2.92 bits per heavy atom. The van der Waals surface area contributed by atoms with Crippen molar-refractivity contribution in [3.05, 3.63) is 34.9 Å². The zero-order chi connectivity index (χ0) is 9.10. The van der Waals surface area contributed by atoms with Crippen molar-refractivity contribution in [2.75, 3.05) is 13.2 Å². The maximum Gasteiger partial charge on any atom is 0.187 e. The highest BCUT2D eigenvalue weighted by molar-refractivity contribution is 6.31. The Morgan fingerprint density at radius 1 is 1.38 bits per heavy atom. The van der Waals surface area contributed by atoms with Gasteiger partial charge in [-0.25, -0.2) is 0 Å². The minimum atomic E-state index is 0.708. The van der Waals surface area contributed by atoms with Crippen molar-refractivity contribution >= 4 is 17.5 Å². The van der Waals surface area contributed by atoms with Crippen molar-refractivity contribution < 1.29 is 4.74 Å². The summed E-state index contributed by atoms with van der Waals surface area (Å²) in [5.74, 6) is 0.799. The third-order valence-electron chi connectivity index (χ3n) is 1.95. The van der Waals surface area contributed by atoms with Crippen LogP contribution in [0.1, 0.15) is 5.56 Å². The third kappa shape index (κ3) is 2.01. The van der Waals surface area contributed by atoms with E-state index in [0.29, 0.717) is 13.0 Å². The molecule has 0 fully saturated rings. The molecule has 2 rings (SSSR count). The quantitative estimate of drug-likeness (QED) is 0.710. The number of aliphatic imine (C=N–C) groups is 1. The highest BCUT2D eigenvalue weighted by atomic mass is 35.5. The van der Waals surface area contributed by atoms with Crippen molar-refractivity contribution in [3.63, 3.8) is 0 Å². The van der Waals surface area contributed by atoms with Gasteiger partial charge in [0.15, 0.2) is 5.90 Å². The van der Waals surface area contributed by atoms with E-state index in [1.165, 1.54) is 0 Å². The summed E-state index contributed by atoms with van der Waals surface area (Å²) in [6.45, 7) is 1.49. The first-order chi connectivity index (χ1) is 6.36. The molecule has 1 aromatic rings. The Bertz CT molecular complexity index is 335. The minimum Gasteiger partial charge on any atom is -0.479 e. The summed E-state index contributed by atoms with van der Waals surface area (Å²) in [7, 11) is 0. The van der Waals surface area contributed by atoms with Gasteiger partial charge in [-0.05, 0) is 11.6 Å². The second-order valence-corrected chi connectivity index (χ2v) is 3.30. The lowest BCUT2D eigenvalue weighted by molar-refractivity contribution is 0.341. The van der Waals surface area contributed by atoms with Crippen LogP contribution in [0.2, 0.25) is 5.02 Å². The summed E-state index contributed by atoms with van der Waals surface area (Å²) in [5.41, 5.74) is 1.07. The van der Waals surface area contributed by atoms with E-state index in [1.54, 1.807) is 0 Å². The maximum atomic E-state index is 5.99. The molecule has 0 aliphatic carbocycles. The van der Waals surface area contributed by atoms with E-state index < -0.39 is 0 Å². The van der Waals surface area contributed by atoms with Crippen molar-refractivity contribution in [3.8, 4) is 0 Å². The molecule has 0 N–H and O–H groups in total. The van der Waals surface area contributed by atoms with Gasteiger partial charge < -0.3 is 4.74 Å². The fourth-order valence-corrected chi connectivity index (χ4v) is 1.49. The molecule has 1 aromatic carbocycles. The highest BCUT2D eigenvalue weighted by Crippen LogP contribution is 2.16. The topological polar surface area (TPSA) is 21.6 Å². The lowest BCUT2D eigenvalue weighted by Gasteiger charge is -2.03. The first kappa shape index (κ1) is 8.57. The number of nitrogens with zero attached hydrogens (tertiary/aromatic N) is 1. The van der Waals surface area contributed by atoms with E-state index in [0.717, 1.165) is 23.0 Å². The molecule has 2 nitrogen and oxygen atoms in total. The van der Waals surface area contributed by atoms with Crippen molar-refractivity contribution in [1.82, 2.24) is 0 Å². The lowest BCUT2D eigenvalue weighted by Crippen LogP contribution is -2.03. The van der Waals surface area contributed by atoms with Crippen LogP contribution in [0.4, 0.5) is 0 Å². The van der Waals surface area contributed by atoms with Gasteiger partial charge >= 0.3 is 0 Å². The molecule has 13 heavy (non-hydrogen) atoms. The van der Waals surface area contributed by atoms with E-state index in [1.807, 2.05) is 24.3 Å². The molecule has 1 heterocycles. The molecule has 0 bridgehead atoms. The van der Waals surface area contributed by atoms with Crippen LogP contribution in [0.3, 0.4) is 0 Å². The zero-order valence-electron chi connectivity index (χ0n) is 7.16. The smallest absolute Gasteiger partial charge is 0.187 e. The maximum absolute atomic E-state index is 5.99. The third-order valence-corrected chi connectivity index (χ3v) is 2.32. The Morgan fingerprint density at radius 2 is 2.23 bits per heavy atom. The van der Waals surface area contributed by atoms with E-state index in [-0.39, 0.29) is 0 Å². The van der Waals surface area contributed by atoms with Gasteiger partial charge in [0.1, 0.15) is 6.61 Å². The monoisotopic (exact) mass is 195 g/mol. The van der Waals surface area contributed by atoms with Crippen molar-refractivity contribution in [1.29, 1.82) is 0 Å². The van der Waals surface area contributed by atoms with Gasteiger partial charge in [0.25, 0.3) is 0 Å². The standard InChI is InChI=1S/C10H10ClNO/c11-9-4-2-1-3-8(9)7-10-12-5-6-13-10/h1-4H,5-7H2. The summed E-state index contributed by atoms with van der Waals surface area (Å²) in [5, 5.41) is 0.778. The number of ether oxygens (including phenoxy) is 1. The molecule has 0 unspecified atom stereocenters. The second kappa shape index (κ2) is 3.79. The van der Waals surface area contributed by atoms with Crippen LogP contribution in [0.5, 0.6) is 0 Å². The molecule has 0 spiro atoms. The highest BCUT2D eigenvalue weighted by Gasteiger charge is 2.09. The second-order valence-electron chi connectivity index (χ2n) is 2.89. The molecule has 0 atom stereocenters. The Balaban J connectivity index is 2.13. The van der Waals surface area contributed by atoms with Crippen LogP contribution in [-0.4, -0.2) is 19.0 Å². The van der Waals surface area contributed by atoms with Gasteiger partial charge in [0.2, 0.25) is 0 Å². The van der Waals surface area contributed by atoms with Crippen LogP contribution in [-0.2, 0) is 11.2 Å². The Kier molecular flexibility index (Phi) is 2.50. The molecular formula is C10H10ClNO. The zero-order valence-corrected chi connectivity index (χ0v) is 7.92. The SMILES string of the molecule is Clc1ccccc1CC1=NCCO1. The molecule has 68 valence electrons. The number of hydrogen-bond donors (Lipinski definition) is 0. The lowest BCUT2D eigenvalue weighted by atomic mass is 10.1. The van der Waals surface area contributed by atoms with Crippen LogP contribution >= 0.6 is 11.6 Å². The first-order valence-corrected chi connectivity index (χ1v) is 4.63. The number of halogens is 1. The predicted octanol–water partition coefficient (Wildman–Crippen LogP) is 2.31. The molecule has 0 saturated carbocycles. The number of rotatable bonds is 2.